The Balaban J connectivity index is 0.000000356. The van der Waals surface area contributed by atoms with Gasteiger partial charge in [0, 0.05) is 36.0 Å². The minimum atomic E-state index is -0.907. The van der Waals surface area contributed by atoms with Crippen molar-refractivity contribution in [2.45, 2.75) is 0 Å². The highest BCUT2D eigenvalue weighted by atomic mass is 79.9. The highest BCUT2D eigenvalue weighted by Crippen LogP contribution is 2.26. The van der Waals surface area contributed by atoms with Crippen LogP contribution in [-0.2, 0) is 0 Å². The Kier molecular flexibility index (Phi) is 7.41. The molecule has 0 bridgehead atoms. The number of benzene rings is 2. The van der Waals surface area contributed by atoms with Crippen LogP contribution in [0.2, 0.25) is 0 Å². The molecule has 5 aromatic rings. The summed E-state index contributed by atoms with van der Waals surface area (Å²) in [6.45, 7) is 0. The van der Waals surface area contributed by atoms with Crippen molar-refractivity contribution in [3.8, 4) is 16.8 Å². The quantitative estimate of drug-likeness (QED) is 0.164. The van der Waals surface area contributed by atoms with E-state index in [4.69, 9.17) is 0 Å². The number of imidazole rings is 1. The molecule has 0 atom stereocenters. The first-order valence-corrected chi connectivity index (χ1v) is 10.9. The van der Waals surface area contributed by atoms with E-state index in [-0.39, 0.29) is 17.0 Å². The largest absolute Gasteiger partial charge is 0.306 e. The Morgan fingerprint density at radius 1 is 0.829 bits per heavy atom. The van der Waals surface area contributed by atoms with Gasteiger partial charge in [-0.05, 0) is 70.0 Å². The molecular formula is C25H15BrF3N5O. The second kappa shape index (κ2) is 10.8. The summed E-state index contributed by atoms with van der Waals surface area (Å²) in [6, 6.07) is 14.5. The zero-order valence-electron chi connectivity index (χ0n) is 17.8. The van der Waals surface area contributed by atoms with Gasteiger partial charge in [0.1, 0.15) is 23.7 Å². The van der Waals surface area contributed by atoms with Crippen LogP contribution in [0.1, 0.15) is 16.1 Å². The van der Waals surface area contributed by atoms with Crippen LogP contribution < -0.4 is 0 Å². The van der Waals surface area contributed by atoms with Crippen molar-refractivity contribution in [3.05, 3.63) is 125 Å². The lowest BCUT2D eigenvalue weighted by Crippen LogP contribution is -2.01. The number of carbonyl (C=O) groups is 1. The van der Waals surface area contributed by atoms with Gasteiger partial charge in [-0.25, -0.2) is 28.7 Å². The average Bonchev–Trinajstić information content (AvgIpc) is 3.36. The molecule has 3 heterocycles. The number of hydrogen-bond acceptors (Lipinski definition) is 5. The molecule has 0 aliphatic rings. The SMILES string of the molecule is Brc1ncccn1.O=C(c1ccc(F)cc1)c1cn(-c2cccc(-c3c(F)ccnc3F)c2)cn1. The maximum absolute atomic E-state index is 14.0. The van der Waals surface area contributed by atoms with Gasteiger partial charge >= 0.3 is 0 Å². The van der Waals surface area contributed by atoms with E-state index in [2.05, 4.69) is 35.9 Å². The number of ketones is 1. The Labute approximate surface area is 206 Å². The second-order valence-electron chi connectivity index (χ2n) is 7.03. The number of halogens is 4. The monoisotopic (exact) mass is 537 g/mol. The molecule has 0 fully saturated rings. The van der Waals surface area contributed by atoms with Crippen molar-refractivity contribution in [2.24, 2.45) is 0 Å². The number of aromatic nitrogens is 5. The fourth-order valence-corrected chi connectivity index (χ4v) is 3.34. The molecule has 3 aromatic heterocycles. The molecule has 10 heteroatoms. The van der Waals surface area contributed by atoms with Gasteiger partial charge in [-0.1, -0.05) is 12.1 Å². The third-order valence-corrected chi connectivity index (χ3v) is 5.15. The highest BCUT2D eigenvalue weighted by Gasteiger charge is 2.15. The third kappa shape index (κ3) is 5.85. The molecule has 2 aromatic carbocycles. The summed E-state index contributed by atoms with van der Waals surface area (Å²) in [5.41, 5.74) is 1.11. The molecule has 174 valence electrons. The van der Waals surface area contributed by atoms with E-state index < -0.39 is 17.6 Å². The van der Waals surface area contributed by atoms with Gasteiger partial charge in [-0.15, -0.1) is 0 Å². The molecule has 35 heavy (non-hydrogen) atoms. The van der Waals surface area contributed by atoms with Crippen LogP contribution in [-0.4, -0.2) is 30.3 Å². The average molecular weight is 538 g/mol. The van der Waals surface area contributed by atoms with Crippen molar-refractivity contribution in [2.75, 3.05) is 0 Å². The second-order valence-corrected chi connectivity index (χ2v) is 7.74. The lowest BCUT2D eigenvalue weighted by Gasteiger charge is -2.07. The number of pyridine rings is 1. The first-order valence-electron chi connectivity index (χ1n) is 10.1. The van der Waals surface area contributed by atoms with E-state index in [1.165, 1.54) is 36.8 Å². The van der Waals surface area contributed by atoms with Gasteiger partial charge in [0.25, 0.3) is 0 Å². The van der Waals surface area contributed by atoms with Crippen molar-refractivity contribution in [1.82, 2.24) is 24.5 Å². The first-order chi connectivity index (χ1) is 16.9. The zero-order valence-corrected chi connectivity index (χ0v) is 19.4. The molecule has 0 N–H and O–H groups in total. The molecule has 0 saturated carbocycles. The Bertz CT molecular complexity index is 1440. The van der Waals surface area contributed by atoms with Gasteiger partial charge in [0.2, 0.25) is 11.7 Å². The molecule has 6 nitrogen and oxygen atoms in total. The maximum atomic E-state index is 14.0. The van der Waals surface area contributed by atoms with Gasteiger partial charge in [0.15, 0.2) is 4.73 Å². The summed E-state index contributed by atoms with van der Waals surface area (Å²) < 4.78 is 43.2. The number of rotatable bonds is 4. The highest BCUT2D eigenvalue weighted by molar-refractivity contribution is 9.10. The molecule has 0 spiro atoms. The van der Waals surface area contributed by atoms with E-state index in [9.17, 15) is 18.0 Å². The summed E-state index contributed by atoms with van der Waals surface area (Å²) in [6.07, 6.45) is 7.34. The normalized spacial score (nSPS) is 10.4. The predicted octanol–water partition coefficient (Wildman–Crippen LogP) is 5.82. The number of nitrogens with zero attached hydrogens (tertiary/aromatic N) is 5. The van der Waals surface area contributed by atoms with E-state index in [1.54, 1.807) is 47.3 Å². The van der Waals surface area contributed by atoms with E-state index >= 15 is 0 Å². The van der Waals surface area contributed by atoms with Crippen LogP contribution in [0.25, 0.3) is 16.8 Å². The van der Waals surface area contributed by atoms with E-state index in [0.717, 1.165) is 12.3 Å². The van der Waals surface area contributed by atoms with Gasteiger partial charge in [-0.3, -0.25) is 4.79 Å². The molecule has 0 unspecified atom stereocenters. The van der Waals surface area contributed by atoms with E-state index in [1.807, 2.05) is 0 Å². The van der Waals surface area contributed by atoms with Crippen molar-refractivity contribution in [3.63, 3.8) is 0 Å². The minimum Gasteiger partial charge on any atom is -0.306 e. The Morgan fingerprint density at radius 2 is 1.57 bits per heavy atom. The van der Waals surface area contributed by atoms with Gasteiger partial charge in [0.05, 0.1) is 5.56 Å². The Morgan fingerprint density at radius 3 is 2.23 bits per heavy atom. The van der Waals surface area contributed by atoms with Crippen LogP contribution in [0, 0.1) is 17.6 Å². The fourth-order valence-electron chi connectivity index (χ4n) is 3.10. The summed E-state index contributed by atoms with van der Waals surface area (Å²) in [5, 5.41) is 0. The smallest absolute Gasteiger partial charge is 0.223 e. The maximum Gasteiger partial charge on any atom is 0.223 e. The lowest BCUT2D eigenvalue weighted by atomic mass is 10.1. The summed E-state index contributed by atoms with van der Waals surface area (Å²) >= 11 is 3.09. The van der Waals surface area contributed by atoms with Gasteiger partial charge < -0.3 is 4.57 Å². The van der Waals surface area contributed by atoms with Crippen LogP contribution in [0.15, 0.2) is 96.5 Å². The lowest BCUT2D eigenvalue weighted by molar-refractivity contribution is 0.103. The van der Waals surface area contributed by atoms with Crippen LogP contribution in [0.3, 0.4) is 0 Å². The van der Waals surface area contributed by atoms with Crippen molar-refractivity contribution in [1.29, 1.82) is 0 Å². The minimum absolute atomic E-state index is 0.163. The summed E-state index contributed by atoms with van der Waals surface area (Å²) in [4.78, 5) is 27.6. The predicted molar refractivity (Wildman–Crippen MR) is 126 cm³/mol. The van der Waals surface area contributed by atoms with Crippen molar-refractivity contribution >= 4 is 21.7 Å². The van der Waals surface area contributed by atoms with Crippen LogP contribution >= 0.6 is 15.9 Å². The van der Waals surface area contributed by atoms with E-state index in [0.29, 0.717) is 21.5 Å². The van der Waals surface area contributed by atoms with Gasteiger partial charge in [-0.2, -0.15) is 4.39 Å². The standard InChI is InChI=1S/C21H12F3N3O.C4H3BrN2/c22-15-6-4-13(5-7-15)20(28)18-11-27(12-26-18)16-3-1-2-14(10-16)19-17(23)8-9-25-21(19)24;5-4-6-2-1-3-7-4/h1-12H;1-3H. The van der Waals surface area contributed by atoms with Crippen molar-refractivity contribution < 1.29 is 18.0 Å². The fraction of sp³-hybridized carbons (Fsp3) is 0. The number of hydrogen-bond donors (Lipinski definition) is 0. The molecule has 0 aliphatic carbocycles. The molecule has 0 saturated heterocycles. The molecule has 0 radical (unpaired) electrons. The zero-order chi connectivity index (χ0) is 24.8. The first kappa shape index (κ1) is 24.0. The summed E-state index contributed by atoms with van der Waals surface area (Å²) in [7, 11) is 0. The molecule has 0 amide bonds. The summed E-state index contributed by atoms with van der Waals surface area (Å²) in [5.74, 6) is -2.43. The van der Waals surface area contributed by atoms with Crippen LogP contribution in [0.5, 0.6) is 0 Å². The Hall–Kier alpha value is -4.18. The molecule has 5 rings (SSSR count). The third-order valence-electron chi connectivity index (χ3n) is 4.74. The topological polar surface area (TPSA) is 73.6 Å². The molecular weight excluding hydrogens is 523 g/mol. The van der Waals surface area contributed by atoms with Crippen LogP contribution in [0.4, 0.5) is 13.2 Å². The molecule has 0 aliphatic heterocycles. The number of carbonyl (C=O) groups excluding carboxylic acids is 1.